The molecule has 19 heavy (non-hydrogen) atoms. The molecule has 0 aliphatic heterocycles. The third kappa shape index (κ3) is 4.09. The molecule has 2 atom stereocenters. The molecule has 0 radical (unpaired) electrons. The molecule has 0 bridgehead atoms. The van der Waals surface area contributed by atoms with E-state index in [9.17, 15) is 17.8 Å². The van der Waals surface area contributed by atoms with Gasteiger partial charge >= 0.3 is 5.97 Å². The molecule has 0 aliphatic rings. The molecule has 0 fully saturated rings. The Morgan fingerprint density at radius 1 is 1.37 bits per heavy atom. The highest BCUT2D eigenvalue weighted by molar-refractivity contribution is 7.86. The number of esters is 1. The number of benzene rings is 1. The average Bonchev–Trinajstić information content (AvgIpc) is 2.35. The van der Waals surface area contributed by atoms with Gasteiger partial charge in [0.15, 0.2) is 0 Å². The predicted molar refractivity (Wildman–Crippen MR) is 68.1 cm³/mol. The van der Waals surface area contributed by atoms with E-state index in [2.05, 4.69) is 0 Å². The molecular formula is C13H16F2O3S. The summed E-state index contributed by atoms with van der Waals surface area (Å²) in [5, 5.41) is -0.926. The Bertz CT molecular complexity index is 477. The number of halogens is 2. The van der Waals surface area contributed by atoms with Gasteiger partial charge < -0.3 is 4.74 Å². The Kier molecular flexibility index (Phi) is 6.08. The molecule has 0 heterocycles. The van der Waals surface area contributed by atoms with Crippen LogP contribution < -0.4 is 0 Å². The second kappa shape index (κ2) is 7.33. The molecule has 0 aliphatic carbocycles. The fraction of sp³-hybridized carbons (Fsp3) is 0.462. The van der Waals surface area contributed by atoms with E-state index in [0.29, 0.717) is 18.9 Å². The molecule has 1 aromatic carbocycles. The van der Waals surface area contributed by atoms with Crippen LogP contribution in [0.4, 0.5) is 8.78 Å². The maximum absolute atomic E-state index is 13.6. The van der Waals surface area contributed by atoms with Crippen LogP contribution in [-0.2, 0) is 20.3 Å². The maximum atomic E-state index is 13.6. The van der Waals surface area contributed by atoms with Crippen LogP contribution in [0.25, 0.3) is 0 Å². The lowest BCUT2D eigenvalue weighted by molar-refractivity contribution is -0.142. The topological polar surface area (TPSA) is 43.4 Å². The SMILES string of the molecule is CCCC(C(=O)OCC)S(=O)c1ccc(F)cc1F. The first-order valence-electron chi connectivity index (χ1n) is 6.03. The van der Waals surface area contributed by atoms with E-state index in [0.717, 1.165) is 12.1 Å². The molecule has 0 saturated carbocycles. The Morgan fingerprint density at radius 2 is 2.05 bits per heavy atom. The maximum Gasteiger partial charge on any atom is 0.322 e. The summed E-state index contributed by atoms with van der Waals surface area (Å²) in [5.74, 6) is -2.28. The van der Waals surface area contributed by atoms with Crippen LogP contribution in [0.5, 0.6) is 0 Å². The van der Waals surface area contributed by atoms with Gasteiger partial charge in [-0.1, -0.05) is 13.3 Å². The molecule has 0 spiro atoms. The van der Waals surface area contributed by atoms with Crippen molar-refractivity contribution >= 4 is 16.8 Å². The predicted octanol–water partition coefficient (Wildman–Crippen LogP) is 2.80. The van der Waals surface area contributed by atoms with Gasteiger partial charge in [0.05, 0.1) is 22.3 Å². The summed E-state index contributed by atoms with van der Waals surface area (Å²) >= 11 is 0. The van der Waals surface area contributed by atoms with Crippen LogP contribution in [0.2, 0.25) is 0 Å². The van der Waals surface area contributed by atoms with Crippen molar-refractivity contribution in [3.63, 3.8) is 0 Å². The van der Waals surface area contributed by atoms with Crippen LogP contribution in [0.1, 0.15) is 26.7 Å². The smallest absolute Gasteiger partial charge is 0.322 e. The summed E-state index contributed by atoms with van der Waals surface area (Å²) < 4.78 is 43.4. The van der Waals surface area contributed by atoms with E-state index in [-0.39, 0.29) is 11.5 Å². The summed E-state index contributed by atoms with van der Waals surface area (Å²) in [6, 6.07) is 2.77. The fourth-order valence-electron chi connectivity index (χ4n) is 1.60. The van der Waals surface area contributed by atoms with Crippen LogP contribution in [0.15, 0.2) is 23.1 Å². The first-order valence-corrected chi connectivity index (χ1v) is 7.24. The molecule has 1 rings (SSSR count). The first-order chi connectivity index (χ1) is 9.01. The molecule has 6 heteroatoms. The van der Waals surface area contributed by atoms with E-state index >= 15 is 0 Å². The standard InChI is InChI=1S/C13H16F2O3S/c1-3-5-12(13(16)18-4-2)19(17)11-7-6-9(14)8-10(11)15/h6-8,12H,3-5H2,1-2H3. The van der Waals surface area contributed by atoms with Crippen LogP contribution >= 0.6 is 0 Å². The van der Waals surface area contributed by atoms with Crippen molar-refractivity contribution in [2.75, 3.05) is 6.61 Å². The molecule has 0 saturated heterocycles. The van der Waals surface area contributed by atoms with Crippen molar-refractivity contribution in [1.29, 1.82) is 0 Å². The second-order valence-electron chi connectivity index (χ2n) is 3.90. The minimum absolute atomic E-state index is 0.169. The van der Waals surface area contributed by atoms with Gasteiger partial charge in [-0.05, 0) is 25.5 Å². The number of ether oxygens (including phenoxy) is 1. The van der Waals surface area contributed by atoms with Gasteiger partial charge in [-0.2, -0.15) is 0 Å². The molecule has 106 valence electrons. The van der Waals surface area contributed by atoms with Gasteiger partial charge in [0.1, 0.15) is 16.9 Å². The van der Waals surface area contributed by atoms with E-state index < -0.39 is 33.7 Å². The van der Waals surface area contributed by atoms with E-state index in [1.54, 1.807) is 6.92 Å². The van der Waals surface area contributed by atoms with Crippen molar-refractivity contribution in [2.24, 2.45) is 0 Å². The van der Waals surface area contributed by atoms with Crippen molar-refractivity contribution in [3.8, 4) is 0 Å². The Morgan fingerprint density at radius 3 is 2.58 bits per heavy atom. The lowest BCUT2D eigenvalue weighted by atomic mass is 10.2. The largest absolute Gasteiger partial charge is 0.465 e. The zero-order valence-electron chi connectivity index (χ0n) is 10.8. The van der Waals surface area contributed by atoms with Gasteiger partial charge in [0.25, 0.3) is 0 Å². The van der Waals surface area contributed by atoms with E-state index in [4.69, 9.17) is 4.74 Å². The van der Waals surface area contributed by atoms with E-state index in [1.165, 1.54) is 0 Å². The Hall–Kier alpha value is -1.30. The minimum Gasteiger partial charge on any atom is -0.465 e. The second-order valence-corrected chi connectivity index (χ2v) is 5.51. The van der Waals surface area contributed by atoms with Crippen LogP contribution in [-0.4, -0.2) is 22.0 Å². The highest BCUT2D eigenvalue weighted by Gasteiger charge is 2.28. The van der Waals surface area contributed by atoms with Crippen molar-refractivity contribution < 1.29 is 22.5 Å². The zero-order valence-corrected chi connectivity index (χ0v) is 11.6. The number of carbonyl (C=O) groups excluding carboxylic acids is 1. The number of rotatable bonds is 6. The van der Waals surface area contributed by atoms with Crippen LogP contribution in [0, 0.1) is 11.6 Å². The van der Waals surface area contributed by atoms with E-state index in [1.807, 2.05) is 6.92 Å². The first kappa shape index (κ1) is 15.8. The quantitative estimate of drug-likeness (QED) is 0.757. The average molecular weight is 290 g/mol. The van der Waals surface area contributed by atoms with Crippen molar-refractivity contribution in [3.05, 3.63) is 29.8 Å². The number of carbonyl (C=O) groups is 1. The summed E-state index contributed by atoms with van der Waals surface area (Å²) in [7, 11) is -1.89. The third-order valence-corrected chi connectivity index (χ3v) is 4.18. The summed E-state index contributed by atoms with van der Waals surface area (Å²) in [6.45, 7) is 3.63. The van der Waals surface area contributed by atoms with Crippen LogP contribution in [0.3, 0.4) is 0 Å². The fourth-order valence-corrected chi connectivity index (χ4v) is 3.05. The summed E-state index contributed by atoms with van der Waals surface area (Å²) in [6.07, 6.45) is 0.931. The van der Waals surface area contributed by atoms with Gasteiger partial charge in [-0.3, -0.25) is 9.00 Å². The summed E-state index contributed by atoms with van der Waals surface area (Å²) in [5.41, 5.74) is 0. The third-order valence-electron chi connectivity index (χ3n) is 2.47. The van der Waals surface area contributed by atoms with Gasteiger partial charge in [0.2, 0.25) is 0 Å². The molecule has 1 aromatic rings. The van der Waals surface area contributed by atoms with Crippen molar-refractivity contribution in [2.45, 2.75) is 36.8 Å². The summed E-state index contributed by atoms with van der Waals surface area (Å²) in [4.78, 5) is 11.5. The molecule has 0 N–H and O–H groups in total. The number of hydrogen-bond acceptors (Lipinski definition) is 3. The highest BCUT2D eigenvalue weighted by Crippen LogP contribution is 2.20. The number of hydrogen-bond donors (Lipinski definition) is 0. The molecule has 0 amide bonds. The lowest BCUT2D eigenvalue weighted by Gasteiger charge is -2.14. The lowest BCUT2D eigenvalue weighted by Crippen LogP contribution is -2.28. The Balaban J connectivity index is 3.02. The Labute approximate surface area is 113 Å². The van der Waals surface area contributed by atoms with Crippen molar-refractivity contribution in [1.82, 2.24) is 0 Å². The molecule has 0 aromatic heterocycles. The molecular weight excluding hydrogens is 274 g/mol. The zero-order chi connectivity index (χ0) is 14.4. The van der Waals surface area contributed by atoms with Gasteiger partial charge in [-0.25, -0.2) is 8.78 Å². The monoisotopic (exact) mass is 290 g/mol. The minimum atomic E-state index is -1.89. The molecule has 2 unspecified atom stereocenters. The highest BCUT2D eigenvalue weighted by atomic mass is 32.2. The normalized spacial score (nSPS) is 13.9. The molecule has 3 nitrogen and oxygen atoms in total. The van der Waals surface area contributed by atoms with Gasteiger partial charge in [0, 0.05) is 6.07 Å². The van der Waals surface area contributed by atoms with Gasteiger partial charge in [-0.15, -0.1) is 0 Å².